The minimum Gasteiger partial charge on any atom is -0.481 e. The van der Waals surface area contributed by atoms with E-state index in [2.05, 4.69) is 34.9 Å². The van der Waals surface area contributed by atoms with Crippen molar-refractivity contribution in [1.82, 2.24) is 9.80 Å². The van der Waals surface area contributed by atoms with Crippen LogP contribution in [0, 0.1) is 12.3 Å². The molecule has 0 aliphatic carbocycles. The Morgan fingerprint density at radius 2 is 2.00 bits per heavy atom. The third kappa shape index (κ3) is 5.87. The van der Waals surface area contributed by atoms with Crippen LogP contribution >= 0.6 is 0 Å². The summed E-state index contributed by atoms with van der Waals surface area (Å²) in [7, 11) is 2.17. The Morgan fingerprint density at radius 1 is 1.30 bits per heavy atom. The quantitative estimate of drug-likeness (QED) is 0.744. The van der Waals surface area contributed by atoms with Crippen molar-refractivity contribution in [3.05, 3.63) is 29.8 Å². The molecule has 4 heteroatoms. The van der Waals surface area contributed by atoms with Gasteiger partial charge >= 0.3 is 0 Å². The normalized spacial score (nSPS) is 16.4. The standard InChI is InChI=1S/C19H28N2O2/c1-3-15-23-19-7-5-17(6-8-19)16-21-12-9-18(10-13-21)20(2)11-4-14-22/h1,5-8,18,22H,4,9-16H2,2H3. The summed E-state index contributed by atoms with van der Waals surface area (Å²) in [6, 6.07) is 8.86. The summed E-state index contributed by atoms with van der Waals surface area (Å²) < 4.78 is 5.40. The average molecular weight is 316 g/mol. The lowest BCUT2D eigenvalue weighted by Crippen LogP contribution is -2.43. The van der Waals surface area contributed by atoms with Gasteiger partial charge in [-0.3, -0.25) is 4.90 Å². The molecule has 0 radical (unpaired) electrons. The largest absolute Gasteiger partial charge is 0.481 e. The van der Waals surface area contributed by atoms with Gasteiger partial charge in [0.15, 0.2) is 0 Å². The molecule has 0 saturated carbocycles. The number of terminal acetylenes is 1. The number of rotatable bonds is 8. The number of piperidine rings is 1. The summed E-state index contributed by atoms with van der Waals surface area (Å²) in [5.41, 5.74) is 1.31. The summed E-state index contributed by atoms with van der Waals surface area (Å²) in [6.45, 7) is 4.83. The van der Waals surface area contributed by atoms with Gasteiger partial charge in [-0.15, -0.1) is 6.42 Å². The highest BCUT2D eigenvalue weighted by molar-refractivity contribution is 5.27. The molecular formula is C19H28N2O2. The Kier molecular flexibility index (Phi) is 7.41. The van der Waals surface area contributed by atoms with Crippen LogP contribution in [0.1, 0.15) is 24.8 Å². The first-order valence-corrected chi connectivity index (χ1v) is 8.41. The van der Waals surface area contributed by atoms with Crippen molar-refractivity contribution >= 4 is 0 Å². The van der Waals surface area contributed by atoms with Crippen LogP contribution in [-0.2, 0) is 6.54 Å². The summed E-state index contributed by atoms with van der Waals surface area (Å²) in [4.78, 5) is 4.90. The van der Waals surface area contributed by atoms with E-state index in [-0.39, 0.29) is 6.61 Å². The molecule has 2 rings (SSSR count). The summed E-state index contributed by atoms with van der Waals surface area (Å²) >= 11 is 0. The Balaban J connectivity index is 1.74. The smallest absolute Gasteiger partial charge is 0.148 e. The maximum absolute atomic E-state index is 8.93. The second-order valence-corrected chi connectivity index (χ2v) is 6.20. The number of nitrogens with zero attached hydrogens (tertiary/aromatic N) is 2. The van der Waals surface area contributed by atoms with Crippen molar-refractivity contribution in [3.63, 3.8) is 0 Å². The second-order valence-electron chi connectivity index (χ2n) is 6.20. The van der Waals surface area contributed by atoms with Crippen molar-refractivity contribution in [2.24, 2.45) is 0 Å². The van der Waals surface area contributed by atoms with Crippen molar-refractivity contribution in [2.75, 3.05) is 39.9 Å². The van der Waals surface area contributed by atoms with Crippen LogP contribution in [0.2, 0.25) is 0 Å². The molecule has 0 unspecified atom stereocenters. The molecule has 0 aromatic heterocycles. The van der Waals surface area contributed by atoms with Crippen LogP contribution in [0.25, 0.3) is 0 Å². The van der Waals surface area contributed by atoms with Crippen molar-refractivity contribution in [3.8, 4) is 18.1 Å². The molecular weight excluding hydrogens is 288 g/mol. The van der Waals surface area contributed by atoms with Crippen LogP contribution in [0.15, 0.2) is 24.3 Å². The molecule has 0 atom stereocenters. The van der Waals surface area contributed by atoms with Gasteiger partial charge in [-0.25, -0.2) is 0 Å². The maximum atomic E-state index is 8.93. The number of likely N-dealkylation sites (tertiary alicyclic amines) is 1. The highest BCUT2D eigenvalue weighted by Gasteiger charge is 2.22. The van der Waals surface area contributed by atoms with Gasteiger partial charge in [-0.1, -0.05) is 18.1 Å². The van der Waals surface area contributed by atoms with E-state index in [0.29, 0.717) is 12.6 Å². The van der Waals surface area contributed by atoms with E-state index in [1.54, 1.807) is 0 Å². The number of aliphatic hydroxyl groups is 1. The Hall–Kier alpha value is -1.54. The van der Waals surface area contributed by atoms with Crippen molar-refractivity contribution < 1.29 is 9.84 Å². The van der Waals surface area contributed by atoms with Crippen LogP contribution in [0.3, 0.4) is 0 Å². The molecule has 126 valence electrons. The number of ether oxygens (including phenoxy) is 1. The first-order valence-electron chi connectivity index (χ1n) is 8.41. The van der Waals surface area contributed by atoms with Gasteiger partial charge in [-0.05, 0) is 57.1 Å². The summed E-state index contributed by atoms with van der Waals surface area (Å²) in [5.74, 6) is 3.30. The van der Waals surface area contributed by atoms with Gasteiger partial charge in [0.25, 0.3) is 0 Å². The lowest BCUT2D eigenvalue weighted by molar-refractivity contribution is 0.117. The van der Waals surface area contributed by atoms with Gasteiger partial charge in [0.1, 0.15) is 12.4 Å². The number of aliphatic hydroxyl groups excluding tert-OH is 1. The summed E-state index contributed by atoms with van der Waals surface area (Å²) in [5, 5.41) is 8.93. The molecule has 4 nitrogen and oxygen atoms in total. The van der Waals surface area contributed by atoms with Gasteiger partial charge < -0.3 is 14.7 Å². The fourth-order valence-corrected chi connectivity index (χ4v) is 3.10. The fraction of sp³-hybridized carbons (Fsp3) is 0.579. The monoisotopic (exact) mass is 316 g/mol. The highest BCUT2D eigenvalue weighted by Crippen LogP contribution is 2.19. The SMILES string of the molecule is C#CCOc1ccc(CN2CCC(N(C)CCCO)CC2)cc1. The van der Waals surface area contributed by atoms with Gasteiger partial charge in [-0.2, -0.15) is 0 Å². The molecule has 23 heavy (non-hydrogen) atoms. The predicted molar refractivity (Wildman–Crippen MR) is 93.4 cm³/mol. The van der Waals surface area contributed by atoms with E-state index in [4.69, 9.17) is 16.3 Å². The van der Waals surface area contributed by atoms with Crippen molar-refractivity contribution in [1.29, 1.82) is 0 Å². The maximum Gasteiger partial charge on any atom is 0.148 e. The molecule has 1 aromatic rings. The molecule has 1 aliphatic heterocycles. The molecule has 1 fully saturated rings. The number of benzene rings is 1. The highest BCUT2D eigenvalue weighted by atomic mass is 16.5. The third-order valence-electron chi connectivity index (χ3n) is 4.50. The number of hydrogen-bond acceptors (Lipinski definition) is 4. The van der Waals surface area contributed by atoms with Gasteiger partial charge in [0.2, 0.25) is 0 Å². The molecule has 0 spiro atoms. The zero-order valence-electron chi connectivity index (χ0n) is 14.1. The van der Waals surface area contributed by atoms with Crippen molar-refractivity contribution in [2.45, 2.75) is 31.8 Å². The van der Waals surface area contributed by atoms with E-state index < -0.39 is 0 Å². The molecule has 1 saturated heterocycles. The average Bonchev–Trinajstić information content (AvgIpc) is 2.59. The van der Waals surface area contributed by atoms with Gasteiger partial charge in [0, 0.05) is 25.7 Å². The lowest BCUT2D eigenvalue weighted by Gasteiger charge is -2.36. The molecule has 1 aromatic carbocycles. The van der Waals surface area contributed by atoms with Crippen LogP contribution in [-0.4, -0.2) is 60.8 Å². The molecule has 0 amide bonds. The Bertz CT molecular complexity index is 487. The first kappa shape index (κ1) is 17.8. The summed E-state index contributed by atoms with van der Waals surface area (Å²) in [6.07, 6.45) is 8.46. The topological polar surface area (TPSA) is 35.9 Å². The molecule has 1 N–H and O–H groups in total. The lowest BCUT2D eigenvalue weighted by atomic mass is 10.0. The zero-order chi connectivity index (χ0) is 16.5. The van der Waals surface area contributed by atoms with E-state index in [1.807, 2.05) is 12.1 Å². The Labute approximate surface area is 140 Å². The molecule has 1 aliphatic rings. The Morgan fingerprint density at radius 3 is 2.61 bits per heavy atom. The van der Waals surface area contributed by atoms with Crippen LogP contribution in [0.4, 0.5) is 0 Å². The van der Waals surface area contributed by atoms with E-state index in [9.17, 15) is 0 Å². The van der Waals surface area contributed by atoms with E-state index >= 15 is 0 Å². The van der Waals surface area contributed by atoms with E-state index in [1.165, 1.54) is 18.4 Å². The number of hydrogen-bond donors (Lipinski definition) is 1. The first-order chi connectivity index (χ1) is 11.2. The van der Waals surface area contributed by atoms with E-state index in [0.717, 1.165) is 38.3 Å². The minimum absolute atomic E-state index is 0.282. The third-order valence-corrected chi connectivity index (χ3v) is 4.50. The molecule has 0 bridgehead atoms. The zero-order valence-corrected chi connectivity index (χ0v) is 14.1. The minimum atomic E-state index is 0.282. The second kappa shape index (κ2) is 9.57. The fourth-order valence-electron chi connectivity index (χ4n) is 3.10. The molecule has 1 heterocycles. The van der Waals surface area contributed by atoms with Crippen LogP contribution < -0.4 is 4.74 Å². The van der Waals surface area contributed by atoms with Crippen LogP contribution in [0.5, 0.6) is 5.75 Å². The van der Waals surface area contributed by atoms with Gasteiger partial charge in [0.05, 0.1) is 0 Å². The predicted octanol–water partition coefficient (Wildman–Crippen LogP) is 1.98.